The van der Waals surface area contributed by atoms with Crippen LogP contribution in [0.15, 0.2) is 60.7 Å². The van der Waals surface area contributed by atoms with Gasteiger partial charge in [-0.1, -0.05) is 104 Å². The van der Waals surface area contributed by atoms with Gasteiger partial charge in [0.2, 0.25) is 0 Å². The molecule has 1 heterocycles. The van der Waals surface area contributed by atoms with Gasteiger partial charge >= 0.3 is 0 Å². The van der Waals surface area contributed by atoms with Gasteiger partial charge in [0.05, 0.1) is 13.0 Å². The molecule has 3 rings (SSSR count). The third-order valence-corrected chi connectivity index (χ3v) is 4.77. The molecule has 2 aromatic rings. The molecule has 160 valence electrons. The summed E-state index contributed by atoms with van der Waals surface area (Å²) in [5.41, 5.74) is 2.49. The molecule has 29 heavy (non-hydrogen) atoms. The van der Waals surface area contributed by atoms with Crippen molar-refractivity contribution in [3.63, 3.8) is 0 Å². The van der Waals surface area contributed by atoms with Crippen LogP contribution in [0.4, 0.5) is 0 Å². The zero-order chi connectivity index (χ0) is 21.6. The second-order valence-electron chi connectivity index (χ2n) is 6.59. The Morgan fingerprint density at radius 1 is 1.07 bits per heavy atom. The van der Waals surface area contributed by atoms with Gasteiger partial charge in [-0.2, -0.15) is 0 Å². The van der Waals surface area contributed by atoms with E-state index in [1.54, 1.807) is 7.05 Å². The minimum Gasteiger partial charge on any atom is -0.298 e. The Bertz CT molecular complexity index is 682. The first-order valence-corrected chi connectivity index (χ1v) is 11.8. The van der Waals surface area contributed by atoms with Crippen LogP contribution in [0.25, 0.3) is 0 Å². The van der Waals surface area contributed by atoms with Crippen LogP contribution in [0.3, 0.4) is 0 Å². The summed E-state index contributed by atoms with van der Waals surface area (Å²) in [4.78, 5) is 20.2. The third kappa shape index (κ3) is 8.07. The summed E-state index contributed by atoms with van der Waals surface area (Å²) in [5.74, 6) is 0.156. The lowest BCUT2D eigenvalue weighted by molar-refractivity contribution is -0.173. The molecule has 0 aromatic heterocycles. The largest absolute Gasteiger partial charge is 0.298 e. The number of carbonyl (C=O) groups is 1. The number of hydroxylamine groups is 2. The summed E-state index contributed by atoms with van der Waals surface area (Å²) < 4.78 is 1.22. The standard InChI is InChI=1S/C20H24N2O2.C2H5I.C2H6/c1-21(24-2)20(23)19-15-22(13-16-9-5-3-6-10-16)14-18(19)17-11-7-4-8-12-17;1-2-3;1-2/h3-12,18-19H,13-15H2,1-2H3;2H2,1H3;1-2H3/t18-,19+;;/m1../s1. The second kappa shape index (κ2) is 14.5. The summed E-state index contributed by atoms with van der Waals surface area (Å²) in [6, 6.07) is 20.7. The minimum absolute atomic E-state index is 0.0434. The Morgan fingerprint density at radius 2 is 1.59 bits per heavy atom. The van der Waals surface area contributed by atoms with Crippen LogP contribution in [-0.2, 0) is 16.2 Å². The molecule has 0 spiro atoms. The zero-order valence-electron chi connectivity index (χ0n) is 18.3. The van der Waals surface area contributed by atoms with Crippen molar-refractivity contribution >= 4 is 28.5 Å². The third-order valence-electron chi connectivity index (χ3n) is 4.77. The Balaban J connectivity index is 0.000000771. The SMILES string of the molecule is CC.CCI.CON(C)C(=O)[C@H]1CN(Cc2ccccc2)C[C@@H]1c1ccccc1. The normalized spacial score (nSPS) is 18.1. The van der Waals surface area contributed by atoms with E-state index in [-0.39, 0.29) is 17.7 Å². The maximum Gasteiger partial charge on any atom is 0.250 e. The van der Waals surface area contributed by atoms with Crippen molar-refractivity contribution in [3.8, 4) is 0 Å². The van der Waals surface area contributed by atoms with Crippen molar-refractivity contribution in [1.82, 2.24) is 9.96 Å². The Hall–Kier alpha value is -1.44. The monoisotopic (exact) mass is 510 g/mol. The van der Waals surface area contributed by atoms with Gasteiger partial charge in [-0.3, -0.25) is 14.5 Å². The van der Waals surface area contributed by atoms with E-state index in [0.717, 1.165) is 19.6 Å². The van der Waals surface area contributed by atoms with Crippen molar-refractivity contribution < 1.29 is 9.63 Å². The fourth-order valence-electron chi connectivity index (χ4n) is 3.47. The summed E-state index contributed by atoms with van der Waals surface area (Å²) in [7, 11) is 3.22. The molecule has 4 nitrogen and oxygen atoms in total. The van der Waals surface area contributed by atoms with Crippen LogP contribution >= 0.6 is 22.6 Å². The van der Waals surface area contributed by atoms with Gasteiger partial charge in [-0.25, -0.2) is 5.06 Å². The predicted molar refractivity (Wildman–Crippen MR) is 130 cm³/mol. The number of rotatable bonds is 5. The van der Waals surface area contributed by atoms with Crippen LogP contribution in [0.1, 0.15) is 37.8 Å². The lowest BCUT2D eigenvalue weighted by Gasteiger charge is -2.22. The Kier molecular flexibility index (Phi) is 12.8. The van der Waals surface area contributed by atoms with E-state index >= 15 is 0 Å². The van der Waals surface area contributed by atoms with E-state index in [1.807, 2.05) is 38.1 Å². The van der Waals surface area contributed by atoms with Crippen molar-refractivity contribution in [1.29, 1.82) is 0 Å². The maximum atomic E-state index is 12.7. The number of hydrogen-bond acceptors (Lipinski definition) is 3. The number of benzene rings is 2. The smallest absolute Gasteiger partial charge is 0.250 e. The van der Waals surface area contributed by atoms with E-state index < -0.39 is 0 Å². The van der Waals surface area contributed by atoms with Gasteiger partial charge in [-0.15, -0.1) is 0 Å². The molecular weight excluding hydrogens is 475 g/mol. The average Bonchev–Trinajstić information content (AvgIpc) is 3.19. The van der Waals surface area contributed by atoms with Crippen molar-refractivity contribution in [2.24, 2.45) is 5.92 Å². The number of hydrogen-bond donors (Lipinski definition) is 0. The quantitative estimate of drug-likeness (QED) is 0.307. The van der Waals surface area contributed by atoms with Gasteiger partial charge in [0, 0.05) is 32.6 Å². The number of halogens is 1. The molecule has 1 fully saturated rings. The zero-order valence-corrected chi connectivity index (χ0v) is 20.5. The van der Waals surface area contributed by atoms with E-state index in [0.29, 0.717) is 0 Å². The Labute approximate surface area is 190 Å². The second-order valence-corrected chi connectivity index (χ2v) is 8.11. The molecule has 0 radical (unpaired) electrons. The van der Waals surface area contributed by atoms with Gasteiger partial charge in [0.1, 0.15) is 0 Å². The van der Waals surface area contributed by atoms with Crippen LogP contribution in [-0.4, -0.2) is 47.5 Å². The van der Waals surface area contributed by atoms with E-state index in [1.165, 1.54) is 27.7 Å². The van der Waals surface area contributed by atoms with Gasteiger partial charge in [0.25, 0.3) is 5.91 Å². The van der Waals surface area contributed by atoms with E-state index in [9.17, 15) is 4.79 Å². The lowest BCUT2D eigenvalue weighted by Crippen LogP contribution is -2.35. The molecule has 0 unspecified atom stereocenters. The van der Waals surface area contributed by atoms with Crippen LogP contribution in [0, 0.1) is 5.92 Å². The number of nitrogens with zero attached hydrogens (tertiary/aromatic N) is 2. The molecule has 0 saturated carbocycles. The Morgan fingerprint density at radius 3 is 2.10 bits per heavy atom. The highest BCUT2D eigenvalue weighted by Gasteiger charge is 2.39. The number of amides is 1. The minimum atomic E-state index is -0.0823. The van der Waals surface area contributed by atoms with Crippen LogP contribution < -0.4 is 0 Å². The number of likely N-dealkylation sites (tertiary alicyclic amines) is 1. The molecule has 0 aliphatic carbocycles. The average molecular weight is 510 g/mol. The molecular formula is C24H35IN2O2. The first-order chi connectivity index (χ1) is 14.1. The topological polar surface area (TPSA) is 32.8 Å². The number of alkyl halides is 1. The van der Waals surface area contributed by atoms with Crippen LogP contribution in [0.2, 0.25) is 0 Å². The highest BCUT2D eigenvalue weighted by Crippen LogP contribution is 2.34. The van der Waals surface area contributed by atoms with E-state index in [4.69, 9.17) is 4.84 Å². The fourth-order valence-corrected chi connectivity index (χ4v) is 3.47. The van der Waals surface area contributed by atoms with E-state index in [2.05, 4.69) is 70.8 Å². The molecule has 1 saturated heterocycles. The van der Waals surface area contributed by atoms with Crippen LogP contribution in [0.5, 0.6) is 0 Å². The summed E-state index contributed by atoms with van der Waals surface area (Å²) in [6.07, 6.45) is 0. The molecule has 2 atom stereocenters. The molecule has 0 N–H and O–H groups in total. The number of carbonyl (C=O) groups excluding carboxylic acids is 1. The summed E-state index contributed by atoms with van der Waals surface area (Å²) in [6.45, 7) is 8.61. The molecule has 2 aromatic carbocycles. The highest BCUT2D eigenvalue weighted by atomic mass is 127. The fraction of sp³-hybridized carbons (Fsp3) is 0.458. The van der Waals surface area contributed by atoms with Crippen molar-refractivity contribution in [2.75, 3.05) is 31.7 Å². The molecule has 0 bridgehead atoms. The molecule has 1 aliphatic heterocycles. The summed E-state index contributed by atoms with van der Waals surface area (Å²) >= 11 is 2.29. The lowest BCUT2D eigenvalue weighted by atomic mass is 9.88. The molecule has 1 amide bonds. The molecule has 5 heteroatoms. The summed E-state index contributed by atoms with van der Waals surface area (Å²) in [5, 5.41) is 1.35. The highest BCUT2D eigenvalue weighted by molar-refractivity contribution is 14.1. The maximum absolute atomic E-state index is 12.7. The van der Waals surface area contributed by atoms with Crippen molar-refractivity contribution in [2.45, 2.75) is 33.2 Å². The first-order valence-electron chi connectivity index (χ1n) is 10.3. The van der Waals surface area contributed by atoms with Crippen molar-refractivity contribution in [3.05, 3.63) is 71.8 Å². The molecule has 1 aliphatic rings. The predicted octanol–water partition coefficient (Wildman–Crippen LogP) is 5.39. The first kappa shape index (κ1) is 25.6. The van der Waals surface area contributed by atoms with Gasteiger partial charge in [0.15, 0.2) is 0 Å². The van der Waals surface area contributed by atoms with Gasteiger partial charge < -0.3 is 0 Å². The van der Waals surface area contributed by atoms with Gasteiger partial charge in [-0.05, 0) is 15.6 Å².